The summed E-state index contributed by atoms with van der Waals surface area (Å²) in [5.74, 6) is -0.253. The number of ether oxygens (including phenoxy) is 2. The number of benzene rings is 2. The molecule has 4 N–H and O–H groups in total. The third kappa shape index (κ3) is 2.37. The van der Waals surface area contributed by atoms with Gasteiger partial charge in [0.25, 0.3) is 0 Å². The van der Waals surface area contributed by atoms with Gasteiger partial charge in [-0.05, 0) is 17.7 Å². The van der Waals surface area contributed by atoms with Gasteiger partial charge >= 0.3 is 0 Å². The van der Waals surface area contributed by atoms with Crippen LogP contribution in [0.5, 0.6) is 28.7 Å². The largest absolute Gasteiger partial charge is 0.508 e. The number of methoxy groups -OCH3 is 1. The van der Waals surface area contributed by atoms with Crippen LogP contribution in [0.4, 0.5) is 0 Å². The molecule has 0 fully saturated rings. The summed E-state index contributed by atoms with van der Waals surface area (Å²) in [6.45, 7) is 0. The van der Waals surface area contributed by atoms with Crippen LogP contribution < -0.4 is 4.74 Å². The predicted octanol–water partition coefficient (Wildman–Crippen LogP) is 2.20. The second kappa shape index (κ2) is 5.31. The van der Waals surface area contributed by atoms with Gasteiger partial charge in [-0.3, -0.25) is 0 Å². The maximum Gasteiger partial charge on any atom is 0.157 e. The van der Waals surface area contributed by atoms with Crippen molar-refractivity contribution in [2.45, 2.75) is 18.6 Å². The van der Waals surface area contributed by atoms with Crippen LogP contribution in [0.2, 0.25) is 0 Å². The van der Waals surface area contributed by atoms with Crippen molar-refractivity contribution in [3.05, 3.63) is 41.5 Å². The Balaban J connectivity index is 2.02. The minimum Gasteiger partial charge on any atom is -0.508 e. The predicted molar refractivity (Wildman–Crippen MR) is 77.4 cm³/mol. The molecule has 6 heteroatoms. The van der Waals surface area contributed by atoms with E-state index in [0.717, 1.165) is 0 Å². The first kappa shape index (κ1) is 14.3. The lowest BCUT2D eigenvalue weighted by atomic mass is 9.93. The van der Waals surface area contributed by atoms with E-state index < -0.39 is 6.10 Å². The summed E-state index contributed by atoms with van der Waals surface area (Å²) in [5, 5.41) is 38.6. The van der Waals surface area contributed by atoms with Crippen LogP contribution in [0, 0.1) is 0 Å². The number of hydrogen-bond acceptors (Lipinski definition) is 6. The van der Waals surface area contributed by atoms with Crippen LogP contribution in [0.25, 0.3) is 0 Å². The quantitative estimate of drug-likeness (QED) is 0.635. The number of hydrogen-bond donors (Lipinski definition) is 4. The third-order valence-corrected chi connectivity index (χ3v) is 3.80. The molecule has 116 valence electrons. The molecule has 1 heterocycles. The van der Waals surface area contributed by atoms with Gasteiger partial charge in [-0.25, -0.2) is 0 Å². The van der Waals surface area contributed by atoms with E-state index in [1.54, 1.807) is 6.07 Å². The summed E-state index contributed by atoms with van der Waals surface area (Å²) in [4.78, 5) is 0. The first-order chi connectivity index (χ1) is 10.5. The second-order valence-electron chi connectivity index (χ2n) is 5.21. The molecule has 1 aliphatic heterocycles. The fourth-order valence-corrected chi connectivity index (χ4v) is 2.65. The molecule has 2 aromatic carbocycles. The Morgan fingerprint density at radius 1 is 1.00 bits per heavy atom. The van der Waals surface area contributed by atoms with E-state index in [1.165, 1.54) is 31.4 Å². The van der Waals surface area contributed by atoms with Crippen molar-refractivity contribution in [3.8, 4) is 28.7 Å². The number of phenolic OH excluding ortho intramolecular Hbond substituents is 4. The third-order valence-electron chi connectivity index (χ3n) is 3.80. The molecule has 1 aliphatic rings. The van der Waals surface area contributed by atoms with Crippen molar-refractivity contribution in [1.82, 2.24) is 0 Å². The topological polar surface area (TPSA) is 99.4 Å². The summed E-state index contributed by atoms with van der Waals surface area (Å²) < 4.78 is 11.3. The highest BCUT2D eigenvalue weighted by Crippen LogP contribution is 2.43. The normalized spacial score (nSPS) is 20.2. The van der Waals surface area contributed by atoms with Gasteiger partial charge in [0, 0.05) is 31.2 Å². The molecule has 22 heavy (non-hydrogen) atoms. The van der Waals surface area contributed by atoms with Crippen molar-refractivity contribution in [1.29, 1.82) is 0 Å². The zero-order valence-electron chi connectivity index (χ0n) is 11.9. The lowest BCUT2D eigenvalue weighted by Crippen LogP contribution is -2.32. The van der Waals surface area contributed by atoms with Crippen LogP contribution in [0.1, 0.15) is 17.2 Å². The van der Waals surface area contributed by atoms with Crippen molar-refractivity contribution < 1.29 is 29.9 Å². The monoisotopic (exact) mass is 304 g/mol. The van der Waals surface area contributed by atoms with Crippen LogP contribution in [0.15, 0.2) is 30.3 Å². The average molecular weight is 304 g/mol. The van der Waals surface area contributed by atoms with Crippen molar-refractivity contribution >= 4 is 0 Å². The van der Waals surface area contributed by atoms with Crippen LogP contribution in [-0.4, -0.2) is 33.6 Å². The zero-order chi connectivity index (χ0) is 15.9. The van der Waals surface area contributed by atoms with Crippen molar-refractivity contribution in [2.75, 3.05) is 7.11 Å². The van der Waals surface area contributed by atoms with E-state index in [-0.39, 0.29) is 29.1 Å². The second-order valence-corrected chi connectivity index (χ2v) is 5.21. The molecule has 0 radical (unpaired) electrons. The first-order valence-electron chi connectivity index (χ1n) is 6.75. The SMILES string of the molecule is CO[C@H]1Cc2c(O)cc(O)cc2O[C@H]1c1ccc(O)c(O)c1. The van der Waals surface area contributed by atoms with E-state index in [1.807, 2.05) is 0 Å². The minimum absolute atomic E-state index is 0.0518. The van der Waals surface area contributed by atoms with Gasteiger partial charge in [-0.15, -0.1) is 0 Å². The minimum atomic E-state index is -0.537. The Bertz CT molecular complexity index is 712. The lowest BCUT2D eigenvalue weighted by Gasteiger charge is -2.33. The maximum atomic E-state index is 9.92. The highest BCUT2D eigenvalue weighted by atomic mass is 16.5. The Morgan fingerprint density at radius 3 is 2.45 bits per heavy atom. The zero-order valence-corrected chi connectivity index (χ0v) is 11.9. The van der Waals surface area contributed by atoms with Gasteiger partial charge < -0.3 is 29.9 Å². The maximum absolute atomic E-state index is 9.92. The number of rotatable bonds is 2. The Labute approximate surface area is 126 Å². The average Bonchev–Trinajstić information content (AvgIpc) is 2.48. The number of aromatic hydroxyl groups is 4. The molecule has 0 saturated heterocycles. The van der Waals surface area contributed by atoms with Gasteiger partial charge in [0.1, 0.15) is 23.4 Å². The standard InChI is InChI=1S/C16H16O6/c1-21-15-7-10-12(19)5-9(17)6-14(10)22-16(15)8-2-3-11(18)13(20)4-8/h2-6,15-20H,7H2,1H3/t15-,16-/m0/s1. The van der Waals surface area contributed by atoms with Gasteiger partial charge in [0.15, 0.2) is 17.6 Å². The number of fused-ring (bicyclic) bond motifs is 1. The molecule has 6 nitrogen and oxygen atoms in total. The molecule has 0 amide bonds. The van der Waals surface area contributed by atoms with Gasteiger partial charge in [-0.1, -0.05) is 6.07 Å². The van der Waals surface area contributed by atoms with Crippen molar-refractivity contribution in [3.63, 3.8) is 0 Å². The van der Waals surface area contributed by atoms with Gasteiger partial charge in [-0.2, -0.15) is 0 Å². The molecule has 0 unspecified atom stereocenters. The Hall–Kier alpha value is -2.60. The van der Waals surface area contributed by atoms with E-state index in [0.29, 0.717) is 23.3 Å². The summed E-state index contributed by atoms with van der Waals surface area (Å²) in [6, 6.07) is 7.07. The summed E-state index contributed by atoms with van der Waals surface area (Å²) in [6.07, 6.45) is -0.526. The molecule has 2 aromatic rings. The molecule has 0 spiro atoms. The van der Waals surface area contributed by atoms with Gasteiger partial charge in [0.2, 0.25) is 0 Å². The molecule has 0 saturated carbocycles. The highest BCUT2D eigenvalue weighted by Gasteiger charge is 2.33. The van der Waals surface area contributed by atoms with E-state index in [9.17, 15) is 20.4 Å². The van der Waals surface area contributed by atoms with Crippen LogP contribution >= 0.6 is 0 Å². The summed E-state index contributed by atoms with van der Waals surface area (Å²) in [7, 11) is 1.53. The summed E-state index contributed by atoms with van der Waals surface area (Å²) in [5.41, 5.74) is 1.18. The molecule has 2 atom stereocenters. The van der Waals surface area contributed by atoms with E-state index >= 15 is 0 Å². The van der Waals surface area contributed by atoms with Crippen molar-refractivity contribution in [2.24, 2.45) is 0 Å². The fourth-order valence-electron chi connectivity index (χ4n) is 2.65. The molecule has 3 rings (SSSR count). The number of phenols is 4. The van der Waals surface area contributed by atoms with Crippen LogP contribution in [-0.2, 0) is 11.2 Å². The lowest BCUT2D eigenvalue weighted by molar-refractivity contribution is -0.0122. The van der Waals surface area contributed by atoms with E-state index in [4.69, 9.17) is 9.47 Å². The van der Waals surface area contributed by atoms with Crippen LogP contribution in [0.3, 0.4) is 0 Å². The fraction of sp³-hybridized carbons (Fsp3) is 0.250. The molecule has 0 aliphatic carbocycles. The van der Waals surface area contributed by atoms with E-state index in [2.05, 4.69) is 0 Å². The molecular formula is C16H16O6. The first-order valence-corrected chi connectivity index (χ1v) is 6.75. The Morgan fingerprint density at radius 2 is 1.77 bits per heavy atom. The molecule has 0 aromatic heterocycles. The highest BCUT2D eigenvalue weighted by molar-refractivity contribution is 5.52. The van der Waals surface area contributed by atoms with Gasteiger partial charge in [0.05, 0.1) is 0 Å². The molecule has 0 bridgehead atoms. The Kier molecular flexibility index (Phi) is 3.46. The summed E-state index contributed by atoms with van der Waals surface area (Å²) >= 11 is 0. The molecular weight excluding hydrogens is 288 g/mol. The smallest absolute Gasteiger partial charge is 0.157 e.